The molecule has 0 atom stereocenters. The highest BCUT2D eigenvalue weighted by Crippen LogP contribution is 2.32. The van der Waals surface area contributed by atoms with Gasteiger partial charge in [-0.15, -0.1) is 0 Å². The quantitative estimate of drug-likeness (QED) is 0.760. The van der Waals surface area contributed by atoms with Crippen molar-refractivity contribution in [2.45, 2.75) is 6.42 Å². The predicted octanol–water partition coefficient (Wildman–Crippen LogP) is 1.85. The van der Waals surface area contributed by atoms with Gasteiger partial charge in [0.15, 0.2) is 5.82 Å². The Morgan fingerprint density at radius 2 is 1.88 bits per heavy atom. The first-order chi connectivity index (χ1) is 8.06. The number of anilines is 1. The average molecular weight is 243 g/mol. The van der Waals surface area contributed by atoms with Crippen molar-refractivity contribution in [1.29, 1.82) is 0 Å². The van der Waals surface area contributed by atoms with Crippen LogP contribution in [-0.4, -0.2) is 24.9 Å². The van der Waals surface area contributed by atoms with Crippen LogP contribution in [0.4, 0.5) is 18.9 Å². The van der Waals surface area contributed by atoms with Gasteiger partial charge in [-0.05, 0) is 12.5 Å². The number of carbonyl (C=O) groups is 2. The van der Waals surface area contributed by atoms with Gasteiger partial charge in [0.25, 0.3) is 11.7 Å². The molecule has 2 rings (SSSR count). The topological polar surface area (TPSA) is 37.4 Å². The Morgan fingerprint density at radius 3 is 2.53 bits per heavy atom. The van der Waals surface area contributed by atoms with Crippen LogP contribution in [0.3, 0.4) is 0 Å². The number of hydrogen-bond acceptors (Lipinski definition) is 2. The summed E-state index contributed by atoms with van der Waals surface area (Å²) in [6.07, 6.45) is -0.00469. The lowest BCUT2D eigenvalue weighted by Gasteiger charge is -2.15. The molecule has 17 heavy (non-hydrogen) atoms. The molecule has 0 aliphatic carbocycles. The van der Waals surface area contributed by atoms with E-state index in [9.17, 15) is 22.8 Å². The van der Waals surface area contributed by atoms with Gasteiger partial charge < -0.3 is 4.90 Å². The second kappa shape index (κ2) is 4.20. The number of ketones is 1. The van der Waals surface area contributed by atoms with Crippen LogP contribution in [0.2, 0.25) is 0 Å². The number of halogens is 3. The highest BCUT2D eigenvalue weighted by molar-refractivity contribution is 6.52. The number of rotatable bonds is 3. The van der Waals surface area contributed by atoms with E-state index in [-0.39, 0.29) is 24.2 Å². The maximum absolute atomic E-state index is 13.5. The molecule has 0 bridgehead atoms. The molecule has 1 amide bonds. The second-order valence-corrected chi connectivity index (χ2v) is 3.61. The van der Waals surface area contributed by atoms with Crippen LogP contribution in [0.25, 0.3) is 0 Å². The summed E-state index contributed by atoms with van der Waals surface area (Å²) in [6.45, 7) is -0.785. The number of hydrogen-bond donors (Lipinski definition) is 0. The molecule has 0 saturated heterocycles. The first-order valence-corrected chi connectivity index (χ1v) is 4.97. The largest absolute Gasteiger partial charge is 0.302 e. The van der Waals surface area contributed by atoms with Crippen molar-refractivity contribution in [1.82, 2.24) is 0 Å². The highest BCUT2D eigenvalue weighted by atomic mass is 19.1. The van der Waals surface area contributed by atoms with E-state index in [0.29, 0.717) is 6.07 Å². The van der Waals surface area contributed by atoms with Crippen LogP contribution < -0.4 is 4.90 Å². The van der Waals surface area contributed by atoms with Gasteiger partial charge in [0.2, 0.25) is 0 Å². The minimum atomic E-state index is -0.988. The predicted molar refractivity (Wildman–Crippen MR) is 53.6 cm³/mol. The van der Waals surface area contributed by atoms with Crippen molar-refractivity contribution in [2.75, 3.05) is 18.1 Å². The molecule has 0 N–H and O–H groups in total. The molecule has 0 spiro atoms. The summed E-state index contributed by atoms with van der Waals surface area (Å²) in [5.41, 5.74) is -0.554. The number of amides is 1. The zero-order valence-electron chi connectivity index (χ0n) is 8.67. The van der Waals surface area contributed by atoms with Crippen molar-refractivity contribution in [3.8, 4) is 0 Å². The van der Waals surface area contributed by atoms with Crippen LogP contribution in [0.5, 0.6) is 0 Å². The number of fused-ring (bicyclic) bond motifs is 1. The van der Waals surface area contributed by atoms with Crippen molar-refractivity contribution in [3.63, 3.8) is 0 Å². The van der Waals surface area contributed by atoms with Crippen LogP contribution in [-0.2, 0) is 4.79 Å². The molecular formula is C11H8F3NO2. The molecule has 0 radical (unpaired) electrons. The second-order valence-electron chi connectivity index (χ2n) is 3.61. The van der Waals surface area contributed by atoms with Gasteiger partial charge in [-0.2, -0.15) is 0 Å². The van der Waals surface area contributed by atoms with Gasteiger partial charge in [-0.3, -0.25) is 14.0 Å². The maximum atomic E-state index is 13.5. The Hall–Kier alpha value is -1.85. The smallest absolute Gasteiger partial charge is 0.299 e. The average Bonchev–Trinajstić information content (AvgIpc) is 2.51. The lowest BCUT2D eigenvalue weighted by atomic mass is 10.1. The third-order valence-electron chi connectivity index (χ3n) is 2.50. The number of alkyl halides is 1. The molecule has 1 aromatic carbocycles. The first kappa shape index (κ1) is 11.6. The summed E-state index contributed by atoms with van der Waals surface area (Å²) in [4.78, 5) is 23.8. The van der Waals surface area contributed by atoms with E-state index >= 15 is 0 Å². The third kappa shape index (κ3) is 1.79. The Morgan fingerprint density at radius 1 is 1.18 bits per heavy atom. The van der Waals surface area contributed by atoms with Crippen LogP contribution >= 0.6 is 0 Å². The molecule has 0 saturated carbocycles. The number of Topliss-reactive ketones (excluding diaryl/α,β-unsaturated/α-hetero) is 1. The molecule has 3 nitrogen and oxygen atoms in total. The third-order valence-corrected chi connectivity index (χ3v) is 2.50. The Kier molecular flexibility index (Phi) is 2.87. The molecule has 1 aromatic rings. The van der Waals surface area contributed by atoms with Gasteiger partial charge in [0.05, 0.1) is 17.9 Å². The zero-order chi connectivity index (χ0) is 12.6. The van der Waals surface area contributed by atoms with E-state index in [1.165, 1.54) is 0 Å². The fraction of sp³-hybridized carbons (Fsp3) is 0.273. The normalized spacial score (nSPS) is 14.4. The standard InChI is InChI=1S/C11H8F3NO2/c12-2-1-3-15-9-7(10(16)11(15)17)4-6(13)5-8(9)14/h4-5H,1-3H2. The van der Waals surface area contributed by atoms with Gasteiger partial charge in [-0.25, -0.2) is 8.78 Å². The van der Waals surface area contributed by atoms with Crippen LogP contribution in [0, 0.1) is 11.6 Å². The summed E-state index contributed by atoms with van der Waals surface area (Å²) in [7, 11) is 0. The Labute approximate surface area is 94.8 Å². The van der Waals surface area contributed by atoms with Crippen molar-refractivity contribution >= 4 is 17.4 Å². The van der Waals surface area contributed by atoms with E-state index in [1.807, 2.05) is 0 Å². The molecule has 0 aromatic heterocycles. The highest BCUT2D eigenvalue weighted by Gasteiger charge is 2.38. The van der Waals surface area contributed by atoms with Gasteiger partial charge >= 0.3 is 0 Å². The first-order valence-electron chi connectivity index (χ1n) is 4.97. The molecule has 0 fully saturated rings. The van der Waals surface area contributed by atoms with E-state index in [1.54, 1.807) is 0 Å². The molecular weight excluding hydrogens is 235 g/mol. The summed E-state index contributed by atoms with van der Waals surface area (Å²) >= 11 is 0. The monoisotopic (exact) mass is 243 g/mol. The minimum absolute atomic E-state index is 0.00469. The van der Waals surface area contributed by atoms with Gasteiger partial charge in [0.1, 0.15) is 5.82 Å². The number of nitrogens with zero attached hydrogens (tertiary/aromatic N) is 1. The summed E-state index contributed by atoms with van der Waals surface area (Å²) in [5, 5.41) is 0. The summed E-state index contributed by atoms with van der Waals surface area (Å²) < 4.78 is 38.5. The molecule has 90 valence electrons. The molecule has 1 aliphatic heterocycles. The minimum Gasteiger partial charge on any atom is -0.302 e. The Bertz CT molecular complexity index is 502. The van der Waals surface area contributed by atoms with E-state index < -0.39 is 30.0 Å². The van der Waals surface area contributed by atoms with Crippen LogP contribution in [0.1, 0.15) is 16.8 Å². The van der Waals surface area contributed by atoms with Crippen molar-refractivity contribution < 1.29 is 22.8 Å². The van der Waals surface area contributed by atoms with Crippen molar-refractivity contribution in [3.05, 3.63) is 29.3 Å². The maximum Gasteiger partial charge on any atom is 0.299 e. The number of carbonyl (C=O) groups excluding carboxylic acids is 2. The fourth-order valence-electron chi connectivity index (χ4n) is 1.78. The molecule has 6 heteroatoms. The molecule has 1 aliphatic rings. The zero-order valence-corrected chi connectivity index (χ0v) is 8.67. The lowest BCUT2D eigenvalue weighted by molar-refractivity contribution is -0.114. The SMILES string of the molecule is O=C1C(=O)N(CCCF)c2c(F)cc(F)cc21. The van der Waals surface area contributed by atoms with Crippen LogP contribution in [0.15, 0.2) is 12.1 Å². The Balaban J connectivity index is 2.48. The van der Waals surface area contributed by atoms with E-state index in [4.69, 9.17) is 0 Å². The summed E-state index contributed by atoms with van der Waals surface area (Å²) in [5.74, 6) is -3.82. The summed E-state index contributed by atoms with van der Waals surface area (Å²) in [6, 6.07) is 1.40. The van der Waals surface area contributed by atoms with E-state index in [2.05, 4.69) is 0 Å². The lowest BCUT2D eigenvalue weighted by Crippen LogP contribution is -2.31. The van der Waals surface area contributed by atoms with Gasteiger partial charge in [-0.1, -0.05) is 0 Å². The molecule has 1 heterocycles. The fourth-order valence-corrected chi connectivity index (χ4v) is 1.78. The van der Waals surface area contributed by atoms with E-state index in [0.717, 1.165) is 11.0 Å². The molecule has 0 unspecified atom stereocenters. The number of benzene rings is 1. The van der Waals surface area contributed by atoms with Gasteiger partial charge in [0, 0.05) is 12.6 Å². The van der Waals surface area contributed by atoms with Crippen molar-refractivity contribution in [2.24, 2.45) is 0 Å².